The molecule has 0 fully saturated rings. The quantitative estimate of drug-likeness (QED) is 0.236. The predicted octanol–water partition coefficient (Wildman–Crippen LogP) is 8.44. The normalized spacial score (nSPS) is 13.4. The topological polar surface area (TPSA) is 24.9 Å². The molecule has 8 heteroatoms. The molecule has 0 N–H and O–H groups in total. The van der Waals surface area contributed by atoms with Crippen LogP contribution in [0.3, 0.4) is 0 Å². The number of methoxy groups -OCH3 is 1. The van der Waals surface area contributed by atoms with E-state index in [-0.39, 0.29) is 0 Å². The van der Waals surface area contributed by atoms with Gasteiger partial charge in [-0.15, -0.1) is 0 Å². The Labute approximate surface area is 224 Å². The molecule has 0 saturated heterocycles. The zero-order valence-corrected chi connectivity index (χ0v) is 21.2. The van der Waals surface area contributed by atoms with E-state index >= 15 is 0 Å². The second-order valence-electron chi connectivity index (χ2n) is 8.81. The molecule has 0 saturated carbocycles. The van der Waals surface area contributed by atoms with Gasteiger partial charge in [-0.3, -0.25) is 0 Å². The Morgan fingerprint density at radius 2 is 1.50 bits per heavy atom. The van der Waals surface area contributed by atoms with Crippen LogP contribution in [0.1, 0.15) is 16.7 Å². The fraction of sp³-hybridized carbons (Fsp3) is 0.133. The van der Waals surface area contributed by atoms with E-state index in [1.807, 2.05) is 59.6 Å². The average molecular weight is 537 g/mol. The van der Waals surface area contributed by atoms with E-state index in [2.05, 4.69) is 4.90 Å². The molecule has 1 heterocycles. The highest BCUT2D eigenvalue weighted by atomic mass is 35.5. The Morgan fingerprint density at radius 3 is 2.18 bits per heavy atom. The number of nitrogens with zero attached hydrogens (tertiary/aromatic N) is 2. The summed E-state index contributed by atoms with van der Waals surface area (Å²) in [6, 6.07) is 27.6. The van der Waals surface area contributed by atoms with Gasteiger partial charge < -0.3 is 19.3 Å². The molecule has 5 rings (SSSR count). The maximum Gasteiger partial charge on any atom is 0.416 e. The Bertz CT molecular complexity index is 1440. The van der Waals surface area contributed by atoms with Crippen molar-refractivity contribution in [1.29, 1.82) is 0 Å². The lowest BCUT2D eigenvalue weighted by atomic mass is 10.1. The van der Waals surface area contributed by atoms with Gasteiger partial charge in [-0.05, 0) is 78.4 Å². The van der Waals surface area contributed by atoms with Crippen LogP contribution in [0, 0.1) is 0 Å². The molecule has 0 spiro atoms. The van der Waals surface area contributed by atoms with Crippen molar-refractivity contribution in [2.24, 2.45) is 0 Å². The molecule has 0 bridgehead atoms. The second kappa shape index (κ2) is 10.7. The van der Waals surface area contributed by atoms with Gasteiger partial charge >= 0.3 is 6.18 Å². The number of ether oxygens (including phenoxy) is 2. The summed E-state index contributed by atoms with van der Waals surface area (Å²) < 4.78 is 51.7. The first-order chi connectivity index (χ1) is 18.3. The molecule has 0 atom stereocenters. The fourth-order valence-corrected chi connectivity index (χ4v) is 4.41. The van der Waals surface area contributed by atoms with Crippen molar-refractivity contribution in [2.45, 2.75) is 12.7 Å². The minimum atomic E-state index is -4.43. The monoisotopic (exact) mass is 536 g/mol. The van der Waals surface area contributed by atoms with Crippen LogP contribution in [0.15, 0.2) is 103 Å². The number of halogens is 4. The number of anilines is 1. The third kappa shape index (κ3) is 5.89. The molecule has 194 valence electrons. The summed E-state index contributed by atoms with van der Waals surface area (Å²) >= 11 is 5.95. The SMILES string of the molecule is COc1cccc(CN2C=C(c3cccc(C(F)(F)F)c3)N(c3ccc(Oc4ccc(Cl)cc4)cc3)C2)c1. The third-order valence-corrected chi connectivity index (χ3v) is 6.37. The molecule has 4 nitrogen and oxygen atoms in total. The summed E-state index contributed by atoms with van der Waals surface area (Å²) in [5.74, 6) is 2.03. The van der Waals surface area contributed by atoms with Crippen LogP contribution >= 0.6 is 11.6 Å². The van der Waals surface area contributed by atoms with Crippen LogP contribution in [0.2, 0.25) is 5.02 Å². The molecule has 0 radical (unpaired) electrons. The lowest BCUT2D eigenvalue weighted by Gasteiger charge is -2.25. The van der Waals surface area contributed by atoms with E-state index in [0.29, 0.717) is 41.0 Å². The molecule has 1 aliphatic heterocycles. The van der Waals surface area contributed by atoms with Crippen LogP contribution in [-0.2, 0) is 12.7 Å². The van der Waals surface area contributed by atoms with Crippen molar-refractivity contribution in [3.8, 4) is 17.2 Å². The Kier molecular flexibility index (Phi) is 7.20. The van der Waals surface area contributed by atoms with Crippen molar-refractivity contribution in [3.05, 3.63) is 125 Å². The molecule has 0 unspecified atom stereocenters. The van der Waals surface area contributed by atoms with Crippen molar-refractivity contribution in [2.75, 3.05) is 18.7 Å². The number of hydrogen-bond donors (Lipinski definition) is 0. The molecule has 4 aromatic carbocycles. The van der Waals surface area contributed by atoms with E-state index in [4.69, 9.17) is 21.1 Å². The summed E-state index contributed by atoms with van der Waals surface area (Å²) in [5, 5.41) is 0.620. The molecule has 1 aliphatic rings. The zero-order valence-electron chi connectivity index (χ0n) is 20.5. The van der Waals surface area contributed by atoms with Gasteiger partial charge in [-0.25, -0.2) is 0 Å². The van der Waals surface area contributed by atoms with Gasteiger partial charge in [-0.2, -0.15) is 13.2 Å². The predicted molar refractivity (Wildman–Crippen MR) is 143 cm³/mol. The summed E-state index contributed by atoms with van der Waals surface area (Å²) in [6.45, 7) is 1.02. The van der Waals surface area contributed by atoms with Crippen LogP contribution < -0.4 is 14.4 Å². The maximum absolute atomic E-state index is 13.5. The highest BCUT2D eigenvalue weighted by Crippen LogP contribution is 2.37. The van der Waals surface area contributed by atoms with Gasteiger partial charge in [0.1, 0.15) is 17.2 Å². The van der Waals surface area contributed by atoms with Gasteiger partial charge in [0.25, 0.3) is 0 Å². The van der Waals surface area contributed by atoms with Crippen LogP contribution in [0.5, 0.6) is 17.2 Å². The molecule has 38 heavy (non-hydrogen) atoms. The smallest absolute Gasteiger partial charge is 0.416 e. The van der Waals surface area contributed by atoms with Crippen molar-refractivity contribution in [1.82, 2.24) is 4.90 Å². The van der Waals surface area contributed by atoms with Crippen molar-refractivity contribution < 1.29 is 22.6 Å². The molecule has 0 aromatic heterocycles. The number of rotatable bonds is 7. The number of alkyl halides is 3. The summed E-state index contributed by atoms with van der Waals surface area (Å²) in [4.78, 5) is 4.05. The van der Waals surface area contributed by atoms with Gasteiger partial charge in [0.05, 0.1) is 25.0 Å². The minimum absolute atomic E-state index is 0.459. The first kappa shape index (κ1) is 25.5. The minimum Gasteiger partial charge on any atom is -0.497 e. The highest BCUT2D eigenvalue weighted by Gasteiger charge is 2.32. The van der Waals surface area contributed by atoms with E-state index in [1.165, 1.54) is 12.1 Å². The largest absolute Gasteiger partial charge is 0.497 e. The van der Waals surface area contributed by atoms with E-state index < -0.39 is 11.7 Å². The number of hydrogen-bond acceptors (Lipinski definition) is 4. The standard InChI is InChI=1S/C30H24ClF3N2O2/c1-37-28-7-2-4-21(16-28)18-35-19-29(22-5-3-6-23(17-22)30(32,33)34)36(20-35)25-10-14-27(15-11-25)38-26-12-8-24(31)9-13-26/h2-17,19H,18,20H2,1H3. The molecule has 0 aliphatic carbocycles. The Morgan fingerprint density at radius 1 is 0.816 bits per heavy atom. The zero-order chi connectivity index (χ0) is 26.7. The van der Waals surface area contributed by atoms with Crippen LogP contribution in [0.4, 0.5) is 18.9 Å². The Hall–Kier alpha value is -4.10. The first-order valence-corrected chi connectivity index (χ1v) is 12.2. The second-order valence-corrected chi connectivity index (χ2v) is 9.25. The van der Waals surface area contributed by atoms with E-state index in [0.717, 1.165) is 23.1 Å². The average Bonchev–Trinajstić information content (AvgIpc) is 3.34. The lowest BCUT2D eigenvalue weighted by Crippen LogP contribution is -2.26. The van der Waals surface area contributed by atoms with E-state index in [1.54, 1.807) is 37.4 Å². The van der Waals surface area contributed by atoms with Crippen molar-refractivity contribution in [3.63, 3.8) is 0 Å². The van der Waals surface area contributed by atoms with Gasteiger partial charge in [0.15, 0.2) is 0 Å². The molecular weight excluding hydrogens is 513 g/mol. The molecular formula is C30H24ClF3N2O2. The van der Waals surface area contributed by atoms with Gasteiger partial charge in [0.2, 0.25) is 0 Å². The van der Waals surface area contributed by atoms with Gasteiger partial charge in [-0.1, -0.05) is 35.9 Å². The maximum atomic E-state index is 13.5. The van der Waals surface area contributed by atoms with E-state index in [9.17, 15) is 13.2 Å². The van der Waals surface area contributed by atoms with Crippen molar-refractivity contribution >= 4 is 23.0 Å². The number of benzene rings is 4. The highest BCUT2D eigenvalue weighted by molar-refractivity contribution is 6.30. The fourth-order valence-electron chi connectivity index (χ4n) is 4.28. The van der Waals surface area contributed by atoms with Crippen LogP contribution in [0.25, 0.3) is 5.70 Å². The summed E-state index contributed by atoms with van der Waals surface area (Å²) in [5.41, 5.74) is 2.32. The summed E-state index contributed by atoms with van der Waals surface area (Å²) in [6.07, 6.45) is -2.53. The third-order valence-electron chi connectivity index (χ3n) is 6.12. The Balaban J connectivity index is 1.43. The molecule has 4 aromatic rings. The van der Waals surface area contributed by atoms with Crippen LogP contribution in [-0.4, -0.2) is 18.7 Å². The first-order valence-electron chi connectivity index (χ1n) is 11.9. The summed E-state index contributed by atoms with van der Waals surface area (Å²) in [7, 11) is 1.61. The van der Waals surface area contributed by atoms with Gasteiger partial charge in [0, 0.05) is 29.0 Å². The lowest BCUT2D eigenvalue weighted by molar-refractivity contribution is -0.137. The molecule has 0 amide bonds.